The van der Waals surface area contributed by atoms with Crippen LogP contribution in [0.1, 0.15) is 22.5 Å². The van der Waals surface area contributed by atoms with Crippen molar-refractivity contribution in [2.24, 2.45) is 4.99 Å². The predicted octanol–water partition coefficient (Wildman–Crippen LogP) is 4.18. The Bertz CT molecular complexity index is 769. The van der Waals surface area contributed by atoms with E-state index >= 15 is 0 Å². The van der Waals surface area contributed by atoms with Gasteiger partial charge in [-0.15, -0.1) is 35.3 Å². The van der Waals surface area contributed by atoms with Crippen LogP contribution in [0.2, 0.25) is 10.0 Å². The number of aliphatic hydroxyl groups is 1. The number of nitrogens with zero attached hydrogens (tertiary/aromatic N) is 2. The van der Waals surface area contributed by atoms with Gasteiger partial charge in [-0.3, -0.25) is 0 Å². The molecule has 0 aliphatic rings. The van der Waals surface area contributed by atoms with Crippen molar-refractivity contribution in [2.75, 3.05) is 19.7 Å². The number of nitrogens with one attached hydrogen (secondary N) is 2. The molecule has 0 fully saturated rings. The van der Waals surface area contributed by atoms with E-state index in [0.29, 0.717) is 34.8 Å². The Morgan fingerprint density at radius 3 is 2.71 bits per heavy atom. The molecule has 10 heteroatoms. The molecule has 0 spiro atoms. The Balaban J connectivity index is 0.00000392. The molecule has 1 heterocycles. The van der Waals surface area contributed by atoms with Gasteiger partial charge in [0.2, 0.25) is 0 Å². The van der Waals surface area contributed by atoms with Crippen LogP contribution in [0.25, 0.3) is 0 Å². The first-order valence-corrected chi connectivity index (χ1v) is 10.2. The van der Waals surface area contributed by atoms with Crippen molar-refractivity contribution in [3.63, 3.8) is 0 Å². The van der Waals surface area contributed by atoms with Gasteiger partial charge in [0.1, 0.15) is 28.5 Å². The highest BCUT2D eigenvalue weighted by Gasteiger charge is 2.10. The second-order valence-electron chi connectivity index (χ2n) is 5.84. The third kappa shape index (κ3) is 7.90. The second kappa shape index (κ2) is 12.7. The Morgan fingerprint density at radius 1 is 1.32 bits per heavy atom. The number of guanidine groups is 1. The fraction of sp³-hybridized carbons (Fsp3) is 0.444. The molecule has 28 heavy (non-hydrogen) atoms. The number of aliphatic hydroxyl groups excluding tert-OH is 1. The minimum atomic E-state index is -0.742. The highest BCUT2D eigenvalue weighted by molar-refractivity contribution is 14.0. The maximum absolute atomic E-state index is 10.2. The summed E-state index contributed by atoms with van der Waals surface area (Å²) in [6, 6.07) is 5.13. The van der Waals surface area contributed by atoms with E-state index < -0.39 is 6.10 Å². The molecule has 0 radical (unpaired) electrons. The molecule has 0 saturated carbocycles. The van der Waals surface area contributed by atoms with Gasteiger partial charge in [-0.2, -0.15) is 0 Å². The fourth-order valence-electron chi connectivity index (χ4n) is 2.15. The lowest BCUT2D eigenvalue weighted by Crippen LogP contribution is -2.42. The van der Waals surface area contributed by atoms with Crippen molar-refractivity contribution in [3.05, 3.63) is 43.8 Å². The molecule has 0 saturated heterocycles. The summed E-state index contributed by atoms with van der Waals surface area (Å²) in [6.07, 6.45) is -0.742. The van der Waals surface area contributed by atoms with Crippen LogP contribution in [0.3, 0.4) is 0 Å². The van der Waals surface area contributed by atoms with Gasteiger partial charge in [-0.1, -0.05) is 29.3 Å². The number of benzene rings is 1. The van der Waals surface area contributed by atoms with Crippen molar-refractivity contribution in [1.29, 1.82) is 0 Å². The molecule has 2 rings (SSSR count). The van der Waals surface area contributed by atoms with Gasteiger partial charge in [-0.25, -0.2) is 9.98 Å². The van der Waals surface area contributed by atoms with E-state index in [9.17, 15) is 5.11 Å². The molecule has 0 amide bonds. The minimum absolute atomic E-state index is 0. The number of rotatable bonds is 8. The average Bonchev–Trinajstić information content (AvgIpc) is 2.96. The molecule has 6 nitrogen and oxygen atoms in total. The maximum atomic E-state index is 10.2. The Morgan fingerprint density at radius 2 is 2.07 bits per heavy atom. The van der Waals surface area contributed by atoms with E-state index in [0.717, 1.165) is 10.7 Å². The van der Waals surface area contributed by atoms with Crippen molar-refractivity contribution in [2.45, 2.75) is 33.4 Å². The Hall–Kier alpha value is -0.810. The highest BCUT2D eigenvalue weighted by atomic mass is 127. The molecule has 1 aromatic heterocycles. The maximum Gasteiger partial charge on any atom is 0.191 e. The Labute approximate surface area is 196 Å². The van der Waals surface area contributed by atoms with Crippen LogP contribution < -0.4 is 15.4 Å². The lowest BCUT2D eigenvalue weighted by Gasteiger charge is -2.16. The lowest BCUT2D eigenvalue weighted by atomic mass is 10.3. The van der Waals surface area contributed by atoms with Gasteiger partial charge in [0.05, 0.1) is 17.3 Å². The summed E-state index contributed by atoms with van der Waals surface area (Å²) < 4.78 is 5.54. The monoisotopic (exact) mass is 558 g/mol. The summed E-state index contributed by atoms with van der Waals surface area (Å²) in [5, 5.41) is 18.1. The van der Waals surface area contributed by atoms with Gasteiger partial charge >= 0.3 is 0 Å². The fourth-order valence-corrected chi connectivity index (χ4v) is 3.35. The summed E-state index contributed by atoms with van der Waals surface area (Å²) in [4.78, 5) is 10.2. The smallest absolute Gasteiger partial charge is 0.191 e. The molecule has 1 unspecified atom stereocenters. The summed E-state index contributed by atoms with van der Waals surface area (Å²) in [5.41, 5.74) is 1.04. The minimum Gasteiger partial charge on any atom is -0.489 e. The molecule has 1 atom stereocenters. The van der Waals surface area contributed by atoms with Crippen LogP contribution in [0.5, 0.6) is 5.75 Å². The van der Waals surface area contributed by atoms with Crippen molar-refractivity contribution >= 4 is 64.5 Å². The number of aliphatic imine (C=N–C) groups is 1. The molecule has 0 aliphatic carbocycles. The molecule has 3 N–H and O–H groups in total. The number of hydrogen-bond acceptors (Lipinski definition) is 5. The molecule has 1 aromatic carbocycles. The van der Waals surface area contributed by atoms with E-state index in [-0.39, 0.29) is 37.1 Å². The number of halogens is 3. The van der Waals surface area contributed by atoms with E-state index in [2.05, 4.69) is 20.6 Å². The van der Waals surface area contributed by atoms with Crippen LogP contribution in [0, 0.1) is 13.8 Å². The lowest BCUT2D eigenvalue weighted by molar-refractivity contribution is 0.110. The zero-order valence-electron chi connectivity index (χ0n) is 16.0. The number of thiazole rings is 1. The van der Waals surface area contributed by atoms with E-state index in [1.54, 1.807) is 29.5 Å². The second-order valence-corrected chi connectivity index (χ2v) is 7.91. The van der Waals surface area contributed by atoms with E-state index in [1.807, 2.05) is 20.8 Å². The van der Waals surface area contributed by atoms with Crippen molar-refractivity contribution in [3.8, 4) is 5.75 Å². The first-order chi connectivity index (χ1) is 12.9. The largest absolute Gasteiger partial charge is 0.489 e. The molecule has 2 aromatic rings. The van der Waals surface area contributed by atoms with Crippen LogP contribution in [0.4, 0.5) is 0 Å². The topological polar surface area (TPSA) is 78.8 Å². The summed E-state index contributed by atoms with van der Waals surface area (Å²) in [7, 11) is 0. The quantitative estimate of drug-likeness (QED) is 0.257. The molecule has 0 aliphatic heterocycles. The van der Waals surface area contributed by atoms with E-state index in [4.69, 9.17) is 27.9 Å². The first kappa shape index (κ1) is 25.2. The third-order valence-electron chi connectivity index (χ3n) is 3.64. The van der Waals surface area contributed by atoms with Crippen molar-refractivity contribution in [1.82, 2.24) is 15.6 Å². The van der Waals surface area contributed by atoms with Gasteiger partial charge in [0.25, 0.3) is 0 Å². The predicted molar refractivity (Wildman–Crippen MR) is 128 cm³/mol. The summed E-state index contributed by atoms with van der Waals surface area (Å²) in [6.45, 7) is 7.58. The van der Waals surface area contributed by atoms with Gasteiger partial charge in [0.15, 0.2) is 5.96 Å². The summed E-state index contributed by atoms with van der Waals surface area (Å²) in [5.74, 6) is 1.06. The molecular formula is C18H25Cl2IN4O2S. The van der Waals surface area contributed by atoms with Gasteiger partial charge < -0.3 is 20.5 Å². The van der Waals surface area contributed by atoms with Gasteiger partial charge in [-0.05, 0) is 32.9 Å². The Kier molecular flexibility index (Phi) is 11.4. The zero-order chi connectivity index (χ0) is 19.8. The number of aromatic nitrogens is 1. The molecular weight excluding hydrogens is 534 g/mol. The van der Waals surface area contributed by atoms with Crippen LogP contribution >= 0.6 is 58.5 Å². The molecule has 156 valence electrons. The standard InChI is InChI=1S/C18H24Cl2N4O2S.HI/c1-4-21-18(23-9-16-24-11(2)12(3)27-16)22-8-13(25)10-26-15-7-5-6-14(19)17(15)20;/h5-7,13,25H,4,8-10H2,1-3H3,(H2,21,22,23);1H. The first-order valence-electron chi connectivity index (χ1n) is 8.60. The number of ether oxygens (including phenoxy) is 1. The third-order valence-corrected chi connectivity index (χ3v) is 5.50. The number of aryl methyl sites for hydroxylation is 2. The van der Waals surface area contributed by atoms with Crippen LogP contribution in [-0.4, -0.2) is 41.9 Å². The van der Waals surface area contributed by atoms with Crippen molar-refractivity contribution < 1.29 is 9.84 Å². The highest BCUT2D eigenvalue weighted by Crippen LogP contribution is 2.31. The average molecular weight is 559 g/mol. The molecule has 0 bridgehead atoms. The summed E-state index contributed by atoms with van der Waals surface area (Å²) >= 11 is 13.7. The zero-order valence-corrected chi connectivity index (χ0v) is 20.6. The van der Waals surface area contributed by atoms with E-state index in [1.165, 1.54) is 4.88 Å². The normalized spacial score (nSPS) is 12.3. The number of hydrogen-bond donors (Lipinski definition) is 3. The van der Waals surface area contributed by atoms with Gasteiger partial charge in [0, 0.05) is 18.0 Å². The SMILES string of the molecule is CCNC(=NCc1nc(C)c(C)s1)NCC(O)COc1cccc(Cl)c1Cl.I. The van der Waals surface area contributed by atoms with Crippen LogP contribution in [0.15, 0.2) is 23.2 Å². The van der Waals surface area contributed by atoms with Crippen LogP contribution in [-0.2, 0) is 6.54 Å².